The van der Waals surface area contributed by atoms with Gasteiger partial charge in [-0.3, -0.25) is 0 Å². The van der Waals surface area contributed by atoms with E-state index in [9.17, 15) is 0 Å². The fourth-order valence-electron chi connectivity index (χ4n) is 11.9. The Morgan fingerprint density at radius 2 is 0.532 bits per heavy atom. The first-order chi connectivity index (χ1) is 38.2. The highest BCUT2D eigenvalue weighted by Gasteiger charge is 2.29. The minimum Gasteiger partial charge on any atom is -0.309 e. The highest BCUT2D eigenvalue weighted by atomic mass is 15.0. The van der Waals surface area contributed by atoms with Crippen molar-refractivity contribution >= 4 is 21.8 Å². The van der Waals surface area contributed by atoms with Crippen LogP contribution >= 0.6 is 0 Å². The van der Waals surface area contributed by atoms with E-state index in [1.807, 2.05) is 36.4 Å². The van der Waals surface area contributed by atoms with E-state index >= 15 is 0 Å². The number of hydrogen-bond acceptors (Lipinski definition) is 3. The molecule has 0 saturated carbocycles. The molecule has 0 atom stereocenters. The summed E-state index contributed by atoms with van der Waals surface area (Å²) in [6.07, 6.45) is 4.35. The average Bonchev–Trinajstić information content (AvgIpc) is 3.88. The molecule has 4 heteroatoms. The zero-order valence-corrected chi connectivity index (χ0v) is 42.5. The topological polar surface area (TPSA) is 43.6 Å². The quantitative estimate of drug-likeness (QED) is 0.137. The maximum absolute atomic E-state index is 5.12. The Morgan fingerprint density at radius 1 is 0.247 bits per heavy atom. The first-order valence-corrected chi connectivity index (χ1v) is 26.8. The van der Waals surface area contributed by atoms with E-state index in [2.05, 4.69) is 235 Å². The van der Waals surface area contributed by atoms with Crippen LogP contribution in [0, 0.1) is 0 Å². The second-order valence-corrected chi connectivity index (χ2v) is 20.1. The third-order valence-corrected chi connectivity index (χ3v) is 15.5. The standard InChI is InChI=1S/C73H52N4/c1-7-21-49(22-8-1)58-41-45-65-63(47-58)64-48-59(50-23-9-2-10-24-50)42-46-66(64)77(65)60-43-39-54(40-44-60)70-68(52-27-13-4-14-28-52)62-34-20-19-33-61(62)67(51-25-11-3-12-26-51)69(70)53-35-37-57(38-36-53)73-75-71(55-29-15-5-16-30-55)74-72(76-73)56-31-17-6-18-32-56/h1-18,21-32,35-48H,19-20,33-34H2. The Labute approximate surface area is 449 Å². The van der Waals surface area contributed by atoms with Crippen molar-refractivity contribution in [3.05, 3.63) is 278 Å². The second-order valence-electron chi connectivity index (χ2n) is 20.1. The molecule has 0 bridgehead atoms. The molecule has 0 aliphatic heterocycles. The number of benzene rings is 11. The normalized spacial score (nSPS) is 12.2. The van der Waals surface area contributed by atoms with Crippen molar-refractivity contribution in [3.63, 3.8) is 0 Å². The van der Waals surface area contributed by atoms with Crippen molar-refractivity contribution in [1.29, 1.82) is 0 Å². The van der Waals surface area contributed by atoms with Crippen molar-refractivity contribution in [2.45, 2.75) is 25.7 Å². The van der Waals surface area contributed by atoms with Crippen LogP contribution in [0.1, 0.15) is 24.0 Å². The molecule has 0 saturated heterocycles. The van der Waals surface area contributed by atoms with E-state index in [0.717, 1.165) is 53.6 Å². The van der Waals surface area contributed by atoms with Crippen LogP contribution in [0.4, 0.5) is 0 Å². The van der Waals surface area contributed by atoms with Gasteiger partial charge in [0.15, 0.2) is 17.5 Å². The first kappa shape index (κ1) is 45.8. The van der Waals surface area contributed by atoms with Crippen molar-refractivity contribution in [1.82, 2.24) is 19.5 Å². The molecule has 4 nitrogen and oxygen atoms in total. The van der Waals surface area contributed by atoms with Crippen molar-refractivity contribution < 1.29 is 0 Å². The van der Waals surface area contributed by atoms with Crippen LogP contribution in [0.15, 0.2) is 267 Å². The molecule has 14 rings (SSSR count). The molecule has 0 radical (unpaired) electrons. The molecule has 0 amide bonds. The zero-order valence-electron chi connectivity index (χ0n) is 42.5. The summed E-state index contributed by atoms with van der Waals surface area (Å²) in [6.45, 7) is 0. The van der Waals surface area contributed by atoms with E-state index < -0.39 is 0 Å². The molecule has 0 N–H and O–H groups in total. The Balaban J connectivity index is 0.975. The fraction of sp³-hybridized carbons (Fsp3) is 0.0548. The average molecular weight is 985 g/mol. The fourth-order valence-corrected chi connectivity index (χ4v) is 11.9. The molecule has 77 heavy (non-hydrogen) atoms. The van der Waals surface area contributed by atoms with Gasteiger partial charge in [-0.2, -0.15) is 0 Å². The smallest absolute Gasteiger partial charge is 0.164 e. The molecule has 0 fully saturated rings. The third-order valence-electron chi connectivity index (χ3n) is 15.5. The van der Waals surface area contributed by atoms with Crippen LogP contribution in [0.2, 0.25) is 0 Å². The van der Waals surface area contributed by atoms with Crippen LogP contribution in [0.5, 0.6) is 0 Å². The summed E-state index contributed by atoms with van der Waals surface area (Å²) in [5.41, 5.74) is 23.9. The molecule has 0 spiro atoms. The third kappa shape index (κ3) is 8.51. The molecule has 0 unspecified atom stereocenters. The van der Waals surface area contributed by atoms with Crippen LogP contribution in [0.25, 0.3) is 128 Å². The van der Waals surface area contributed by atoms with E-state index in [-0.39, 0.29) is 0 Å². The zero-order chi connectivity index (χ0) is 51.1. The van der Waals surface area contributed by atoms with E-state index in [1.54, 1.807) is 0 Å². The Morgan fingerprint density at radius 3 is 0.909 bits per heavy atom. The Hall–Kier alpha value is -9.77. The lowest BCUT2D eigenvalue weighted by Crippen LogP contribution is -2.10. The second kappa shape index (κ2) is 19.8. The van der Waals surface area contributed by atoms with Gasteiger partial charge in [-0.05, 0) is 140 Å². The molecule has 364 valence electrons. The number of aromatic nitrogens is 4. The van der Waals surface area contributed by atoms with Gasteiger partial charge in [-0.1, -0.05) is 231 Å². The van der Waals surface area contributed by atoms with Crippen molar-refractivity contribution in [3.8, 4) is 107 Å². The summed E-state index contributed by atoms with van der Waals surface area (Å²) >= 11 is 0. The highest BCUT2D eigenvalue weighted by molar-refractivity contribution is 6.12. The molecule has 13 aromatic rings. The maximum Gasteiger partial charge on any atom is 0.164 e. The lowest BCUT2D eigenvalue weighted by atomic mass is 9.73. The monoisotopic (exact) mass is 984 g/mol. The van der Waals surface area contributed by atoms with E-state index in [1.165, 1.54) is 94.1 Å². The maximum atomic E-state index is 5.12. The predicted octanol–water partition coefficient (Wildman–Crippen LogP) is 18.9. The lowest BCUT2D eigenvalue weighted by molar-refractivity contribution is 0.688. The van der Waals surface area contributed by atoms with Gasteiger partial charge in [0.05, 0.1) is 11.0 Å². The SMILES string of the molecule is c1ccc(-c2ccc3c(c2)c2cc(-c4ccccc4)ccc2n3-c2ccc(-c3c(-c4ccccc4)c4c(c(-c5ccccc5)c3-c3ccc(-c5nc(-c6ccccc6)nc(-c6ccccc6)n5)cc3)CCCC4)cc2)cc1. The van der Waals surface area contributed by atoms with Crippen LogP contribution < -0.4 is 0 Å². The molecule has 1 aliphatic carbocycles. The van der Waals surface area contributed by atoms with Gasteiger partial charge in [0.1, 0.15) is 0 Å². The summed E-state index contributed by atoms with van der Waals surface area (Å²) in [5, 5.41) is 2.46. The Kier molecular flexibility index (Phi) is 11.8. The van der Waals surface area contributed by atoms with E-state index in [4.69, 9.17) is 15.0 Å². The van der Waals surface area contributed by atoms with Gasteiger partial charge >= 0.3 is 0 Å². The van der Waals surface area contributed by atoms with Crippen molar-refractivity contribution in [2.75, 3.05) is 0 Å². The molecular formula is C73H52N4. The van der Waals surface area contributed by atoms with Crippen molar-refractivity contribution in [2.24, 2.45) is 0 Å². The van der Waals surface area contributed by atoms with Gasteiger partial charge in [-0.15, -0.1) is 0 Å². The van der Waals surface area contributed by atoms with Gasteiger partial charge in [0.2, 0.25) is 0 Å². The highest BCUT2D eigenvalue weighted by Crippen LogP contribution is 2.52. The first-order valence-electron chi connectivity index (χ1n) is 26.8. The summed E-state index contributed by atoms with van der Waals surface area (Å²) in [6, 6.07) is 96.3. The number of rotatable bonds is 10. The summed E-state index contributed by atoms with van der Waals surface area (Å²) in [5.74, 6) is 1.93. The Bertz CT molecular complexity index is 4100. The minimum atomic E-state index is 0.636. The molecule has 2 aromatic heterocycles. The number of hydrogen-bond donors (Lipinski definition) is 0. The van der Waals surface area contributed by atoms with Gasteiger partial charge in [-0.25, -0.2) is 15.0 Å². The molecular weight excluding hydrogens is 933 g/mol. The summed E-state index contributed by atoms with van der Waals surface area (Å²) in [7, 11) is 0. The minimum absolute atomic E-state index is 0.636. The van der Waals surface area contributed by atoms with Gasteiger partial charge in [0, 0.05) is 33.2 Å². The summed E-state index contributed by atoms with van der Waals surface area (Å²) in [4.78, 5) is 15.2. The molecule has 11 aromatic carbocycles. The lowest BCUT2D eigenvalue weighted by Gasteiger charge is -2.30. The number of nitrogens with zero attached hydrogens (tertiary/aromatic N) is 4. The van der Waals surface area contributed by atoms with Crippen LogP contribution in [-0.2, 0) is 12.8 Å². The summed E-state index contributed by atoms with van der Waals surface area (Å²) < 4.78 is 2.45. The molecule has 2 heterocycles. The largest absolute Gasteiger partial charge is 0.309 e. The van der Waals surface area contributed by atoms with Gasteiger partial charge < -0.3 is 4.57 Å². The van der Waals surface area contributed by atoms with Crippen LogP contribution in [0.3, 0.4) is 0 Å². The predicted molar refractivity (Wildman–Crippen MR) is 320 cm³/mol. The number of fused-ring (bicyclic) bond motifs is 4. The van der Waals surface area contributed by atoms with Gasteiger partial charge in [0.25, 0.3) is 0 Å². The van der Waals surface area contributed by atoms with Crippen LogP contribution in [-0.4, -0.2) is 19.5 Å². The van der Waals surface area contributed by atoms with E-state index in [0.29, 0.717) is 17.5 Å². The molecule has 1 aliphatic rings.